The minimum Gasteiger partial charge on any atom is -0.449 e. The van der Waals surface area contributed by atoms with Gasteiger partial charge in [-0.3, -0.25) is 14.9 Å². The van der Waals surface area contributed by atoms with E-state index in [0.29, 0.717) is 23.2 Å². The number of carbonyl (C=O) groups excluding carboxylic acids is 2. The molecule has 0 saturated carbocycles. The van der Waals surface area contributed by atoms with Crippen molar-refractivity contribution in [3.63, 3.8) is 0 Å². The first-order chi connectivity index (χ1) is 18.2. The number of aryl methyl sites for hydroxylation is 1. The van der Waals surface area contributed by atoms with Gasteiger partial charge in [-0.25, -0.2) is 4.79 Å². The van der Waals surface area contributed by atoms with E-state index in [9.17, 15) is 14.4 Å². The quantitative estimate of drug-likeness (QED) is 0.298. The van der Waals surface area contributed by atoms with E-state index in [-0.39, 0.29) is 18.1 Å². The van der Waals surface area contributed by atoms with Crippen LogP contribution in [0.2, 0.25) is 0 Å². The van der Waals surface area contributed by atoms with E-state index >= 15 is 0 Å². The molecule has 2 aliphatic heterocycles. The number of amides is 2. The van der Waals surface area contributed by atoms with Gasteiger partial charge in [-0.2, -0.15) is 0 Å². The van der Waals surface area contributed by atoms with Crippen molar-refractivity contribution in [3.8, 4) is 0 Å². The third-order valence-corrected chi connectivity index (χ3v) is 6.92. The zero-order chi connectivity index (χ0) is 26.9. The maximum absolute atomic E-state index is 13.9. The summed E-state index contributed by atoms with van der Waals surface area (Å²) in [5, 5.41) is 10.7. The largest absolute Gasteiger partial charge is 0.449 e. The number of benzene rings is 3. The highest BCUT2D eigenvalue weighted by Gasteiger charge is 2.29. The molecular weight excluding hydrogens is 480 g/mol. The van der Waals surface area contributed by atoms with Crippen molar-refractivity contribution >= 4 is 34.1 Å². The summed E-state index contributed by atoms with van der Waals surface area (Å²) in [6.07, 6.45) is 1.64. The van der Waals surface area contributed by atoms with Crippen molar-refractivity contribution in [3.05, 3.63) is 106 Å². The highest BCUT2D eigenvalue weighted by Crippen LogP contribution is 2.28. The molecule has 0 fully saturated rings. The lowest BCUT2D eigenvalue weighted by atomic mass is 9.92. The highest BCUT2D eigenvalue weighted by molar-refractivity contribution is 5.89. The van der Waals surface area contributed by atoms with Gasteiger partial charge >= 0.3 is 6.09 Å². The maximum atomic E-state index is 13.9. The first kappa shape index (κ1) is 25.1. The fourth-order valence-corrected chi connectivity index (χ4v) is 4.76. The fourth-order valence-electron chi connectivity index (χ4n) is 4.76. The Morgan fingerprint density at radius 1 is 0.974 bits per heavy atom. The SMILES string of the molecule is Cc1cc2ccc1CCOC(=O)Nc1cccc(c1)C(C)(C)NC(=O)[C@@H]2Nc1ccc2cc[nH]c(=O)c2c1. The molecule has 8 nitrogen and oxygen atoms in total. The molecule has 0 aliphatic carbocycles. The average molecular weight is 511 g/mol. The number of H-pyrrole nitrogens is 1. The van der Waals surface area contributed by atoms with Crippen molar-refractivity contribution in [2.45, 2.75) is 38.8 Å². The van der Waals surface area contributed by atoms with Gasteiger partial charge < -0.3 is 20.4 Å². The van der Waals surface area contributed by atoms with E-state index in [1.165, 1.54) is 0 Å². The second-order valence-corrected chi connectivity index (χ2v) is 10.1. The van der Waals surface area contributed by atoms with Crippen LogP contribution in [0.5, 0.6) is 0 Å². The predicted molar refractivity (Wildman–Crippen MR) is 148 cm³/mol. The average Bonchev–Trinajstić information content (AvgIpc) is 2.88. The van der Waals surface area contributed by atoms with Crippen molar-refractivity contribution in [2.24, 2.45) is 0 Å². The first-order valence-electron chi connectivity index (χ1n) is 12.5. The summed E-state index contributed by atoms with van der Waals surface area (Å²) in [7, 11) is 0. The number of carbonyl (C=O) groups is 2. The van der Waals surface area contributed by atoms with Crippen LogP contribution < -0.4 is 21.5 Å². The lowest BCUT2D eigenvalue weighted by Crippen LogP contribution is -2.45. The number of hydrogen-bond acceptors (Lipinski definition) is 5. The number of nitrogens with one attached hydrogen (secondary N) is 4. The van der Waals surface area contributed by atoms with E-state index in [4.69, 9.17) is 4.74 Å². The van der Waals surface area contributed by atoms with E-state index in [1.54, 1.807) is 18.3 Å². The van der Waals surface area contributed by atoms with Crippen molar-refractivity contribution < 1.29 is 14.3 Å². The Labute approximate surface area is 220 Å². The molecule has 0 spiro atoms. The minimum absolute atomic E-state index is 0.191. The highest BCUT2D eigenvalue weighted by atomic mass is 16.5. The van der Waals surface area contributed by atoms with Gasteiger partial charge in [0.2, 0.25) is 5.91 Å². The van der Waals surface area contributed by atoms with Gasteiger partial charge in [0.1, 0.15) is 6.04 Å². The van der Waals surface area contributed by atoms with Crippen LogP contribution in [-0.4, -0.2) is 23.6 Å². The molecule has 1 aromatic heterocycles. The summed E-state index contributed by atoms with van der Waals surface area (Å²) >= 11 is 0. The molecule has 194 valence electrons. The van der Waals surface area contributed by atoms with Gasteiger partial charge in [0.05, 0.1) is 12.1 Å². The Hall–Kier alpha value is -4.59. The zero-order valence-electron chi connectivity index (χ0n) is 21.6. The Morgan fingerprint density at radius 3 is 2.63 bits per heavy atom. The molecule has 6 rings (SSSR count). The zero-order valence-corrected chi connectivity index (χ0v) is 21.6. The molecule has 0 radical (unpaired) electrons. The number of fused-ring (bicyclic) bond motifs is 10. The molecule has 2 amide bonds. The predicted octanol–water partition coefficient (Wildman–Crippen LogP) is 5.15. The summed E-state index contributed by atoms with van der Waals surface area (Å²) < 4.78 is 5.40. The van der Waals surface area contributed by atoms with Gasteiger partial charge in [-0.05, 0) is 78.7 Å². The van der Waals surface area contributed by atoms with E-state index in [0.717, 1.165) is 27.6 Å². The molecule has 1 atom stereocenters. The Kier molecular flexibility index (Phi) is 6.63. The second kappa shape index (κ2) is 10.0. The summed E-state index contributed by atoms with van der Waals surface area (Å²) in [4.78, 5) is 41.3. The second-order valence-electron chi connectivity index (χ2n) is 10.1. The molecular formula is C30H30N4O4. The first-order valence-corrected chi connectivity index (χ1v) is 12.5. The van der Waals surface area contributed by atoms with Gasteiger partial charge in [0.15, 0.2) is 0 Å². The molecule has 0 saturated heterocycles. The molecule has 8 heteroatoms. The lowest BCUT2D eigenvalue weighted by molar-refractivity contribution is -0.123. The number of hydrogen-bond donors (Lipinski definition) is 4. The number of rotatable bonds is 2. The summed E-state index contributed by atoms with van der Waals surface area (Å²) in [5.41, 5.74) is 3.89. The molecule has 3 heterocycles. The number of ether oxygens (including phenoxy) is 1. The topological polar surface area (TPSA) is 112 Å². The standard InChI is InChI=1S/C30H30N4O4/c1-18-15-21-8-7-19(18)12-14-38-29(37)33-23-6-4-5-22(16-23)30(2,3)34-28(36)26(21)32-24-10-9-20-11-13-31-27(35)25(20)17-24/h4-11,13,15-17,26,32H,12,14H2,1-3H3,(H,31,35)(H,33,37)(H,34,36)/t26-/m1/s1. The van der Waals surface area contributed by atoms with E-state index < -0.39 is 17.7 Å². The molecule has 4 bridgehead atoms. The third-order valence-electron chi connectivity index (χ3n) is 6.92. The monoisotopic (exact) mass is 510 g/mol. The maximum Gasteiger partial charge on any atom is 0.411 e. The van der Waals surface area contributed by atoms with E-state index in [1.807, 2.05) is 75.4 Å². The van der Waals surface area contributed by atoms with Crippen LogP contribution in [0.15, 0.2) is 77.7 Å². The van der Waals surface area contributed by atoms with Crippen molar-refractivity contribution in [1.29, 1.82) is 0 Å². The smallest absolute Gasteiger partial charge is 0.411 e. The van der Waals surface area contributed by atoms with Crippen LogP contribution in [0.4, 0.5) is 16.2 Å². The fraction of sp³-hybridized carbons (Fsp3) is 0.233. The van der Waals surface area contributed by atoms with Gasteiger partial charge in [0, 0.05) is 29.4 Å². The Balaban J connectivity index is 1.56. The molecule has 38 heavy (non-hydrogen) atoms. The van der Waals surface area contributed by atoms with Gasteiger partial charge in [-0.15, -0.1) is 0 Å². The van der Waals surface area contributed by atoms with E-state index in [2.05, 4.69) is 20.9 Å². The summed E-state index contributed by atoms with van der Waals surface area (Å²) in [6, 6.07) is 19.8. The minimum atomic E-state index is -0.759. The van der Waals surface area contributed by atoms with Crippen molar-refractivity contribution in [2.75, 3.05) is 17.2 Å². The summed E-state index contributed by atoms with van der Waals surface area (Å²) in [5.74, 6) is -0.228. The molecule has 3 aromatic carbocycles. The molecule has 4 N–H and O–H groups in total. The number of aromatic nitrogens is 1. The van der Waals surface area contributed by atoms with Crippen molar-refractivity contribution in [1.82, 2.24) is 10.3 Å². The van der Waals surface area contributed by atoms with Crippen LogP contribution in [-0.2, 0) is 21.5 Å². The lowest BCUT2D eigenvalue weighted by Gasteiger charge is -2.31. The van der Waals surface area contributed by atoms with Crippen LogP contribution in [0.25, 0.3) is 10.8 Å². The molecule has 2 aliphatic rings. The Bertz CT molecular complexity index is 1590. The normalized spacial score (nSPS) is 17.4. The third kappa shape index (κ3) is 5.25. The van der Waals surface area contributed by atoms with Crippen LogP contribution in [0, 0.1) is 6.92 Å². The van der Waals surface area contributed by atoms with Gasteiger partial charge in [-0.1, -0.05) is 36.4 Å². The molecule has 0 unspecified atom stereocenters. The van der Waals surface area contributed by atoms with Crippen LogP contribution in [0.3, 0.4) is 0 Å². The summed E-state index contributed by atoms with van der Waals surface area (Å²) in [6.45, 7) is 6.02. The van der Waals surface area contributed by atoms with Gasteiger partial charge in [0.25, 0.3) is 5.56 Å². The Morgan fingerprint density at radius 2 is 1.82 bits per heavy atom. The van der Waals surface area contributed by atoms with Crippen LogP contribution >= 0.6 is 0 Å². The number of aromatic amines is 1. The van der Waals surface area contributed by atoms with Crippen LogP contribution in [0.1, 0.15) is 42.1 Å². The number of anilines is 2. The molecule has 4 aromatic rings. The number of pyridine rings is 1.